The van der Waals surface area contributed by atoms with Gasteiger partial charge in [-0.15, -0.1) is 0 Å². The Morgan fingerprint density at radius 2 is 2.00 bits per heavy atom. The molecule has 1 unspecified atom stereocenters. The van der Waals surface area contributed by atoms with Crippen LogP contribution >= 0.6 is 0 Å². The van der Waals surface area contributed by atoms with Crippen molar-refractivity contribution >= 4 is 11.5 Å². The molecule has 7 nitrogen and oxygen atoms in total. The summed E-state index contributed by atoms with van der Waals surface area (Å²) < 4.78 is 17.1. The summed E-state index contributed by atoms with van der Waals surface area (Å²) >= 11 is 0. The largest absolute Gasteiger partial charge is 0.490 e. The molecular formula is C26H34N2O5. The van der Waals surface area contributed by atoms with E-state index in [1.54, 1.807) is 0 Å². The number of aliphatic carboxylic acids is 1. The van der Waals surface area contributed by atoms with Crippen LogP contribution in [0.4, 0.5) is 0 Å². The molecule has 1 aromatic carbocycles. The number of aromatic nitrogens is 2. The molecule has 1 aromatic heterocycles. The van der Waals surface area contributed by atoms with Gasteiger partial charge in [0.1, 0.15) is 0 Å². The predicted molar refractivity (Wildman–Crippen MR) is 127 cm³/mol. The molecule has 7 heteroatoms. The van der Waals surface area contributed by atoms with Gasteiger partial charge < -0.3 is 19.1 Å². The smallest absolute Gasteiger partial charge is 0.306 e. The van der Waals surface area contributed by atoms with Gasteiger partial charge in [-0.25, -0.2) is 0 Å². The fraction of sp³-hybridized carbons (Fsp3) is 0.500. The minimum Gasteiger partial charge on any atom is -0.490 e. The van der Waals surface area contributed by atoms with Crippen LogP contribution in [0.15, 0.2) is 40.4 Å². The number of carbonyl (C=O) groups is 1. The lowest BCUT2D eigenvalue weighted by atomic mass is 9.92. The van der Waals surface area contributed by atoms with Crippen LogP contribution in [0.2, 0.25) is 0 Å². The number of carboxylic acid groups (broad SMARTS) is 1. The van der Waals surface area contributed by atoms with E-state index >= 15 is 0 Å². The van der Waals surface area contributed by atoms with E-state index < -0.39 is 5.97 Å². The first-order valence-corrected chi connectivity index (χ1v) is 11.8. The molecule has 0 saturated carbocycles. The third-order valence-electron chi connectivity index (χ3n) is 5.69. The van der Waals surface area contributed by atoms with Gasteiger partial charge >= 0.3 is 5.97 Å². The minimum absolute atomic E-state index is 0.0493. The van der Waals surface area contributed by atoms with Crippen LogP contribution in [0.5, 0.6) is 11.5 Å². The lowest BCUT2D eigenvalue weighted by molar-refractivity contribution is -0.142. The Balaban J connectivity index is 1.67. The van der Waals surface area contributed by atoms with Crippen LogP contribution in [0, 0.1) is 5.92 Å². The lowest BCUT2D eigenvalue weighted by Gasteiger charge is -2.15. The summed E-state index contributed by atoms with van der Waals surface area (Å²) in [7, 11) is 0. The number of hydrogen-bond donors (Lipinski definition) is 1. The second kappa shape index (κ2) is 11.7. The van der Waals surface area contributed by atoms with E-state index in [-0.39, 0.29) is 12.0 Å². The van der Waals surface area contributed by atoms with E-state index in [4.69, 9.17) is 14.0 Å². The van der Waals surface area contributed by atoms with Crippen molar-refractivity contribution in [3.8, 4) is 22.9 Å². The van der Waals surface area contributed by atoms with Gasteiger partial charge in [-0.2, -0.15) is 4.98 Å². The maximum atomic E-state index is 11.2. The number of carboxylic acids is 1. The van der Waals surface area contributed by atoms with E-state index in [1.807, 2.05) is 52.0 Å². The van der Waals surface area contributed by atoms with Gasteiger partial charge in [0.15, 0.2) is 11.5 Å². The summed E-state index contributed by atoms with van der Waals surface area (Å²) in [5.41, 5.74) is 3.15. The summed E-state index contributed by atoms with van der Waals surface area (Å²) in [6, 6.07) is 5.66. The number of nitrogens with zero attached hydrogens (tertiary/aromatic N) is 2. The average Bonchev–Trinajstić information content (AvgIpc) is 3.28. The molecule has 1 N–H and O–H groups in total. The van der Waals surface area contributed by atoms with Crippen molar-refractivity contribution in [2.45, 2.75) is 72.3 Å². The highest BCUT2D eigenvalue weighted by Crippen LogP contribution is 2.34. The monoisotopic (exact) mass is 454 g/mol. The van der Waals surface area contributed by atoms with Crippen molar-refractivity contribution in [1.29, 1.82) is 0 Å². The van der Waals surface area contributed by atoms with Gasteiger partial charge in [0.05, 0.1) is 18.6 Å². The SMILES string of the molecule is CCOc1cc(-c2noc(C3=CC=C(CCCC(CC)C(=O)O)CC3)n2)ccc1OC(C)C. The first kappa shape index (κ1) is 24.6. The van der Waals surface area contributed by atoms with Gasteiger partial charge in [-0.3, -0.25) is 4.79 Å². The maximum Gasteiger partial charge on any atom is 0.306 e. The summed E-state index contributed by atoms with van der Waals surface area (Å²) in [6.07, 6.45) is 9.16. The second-order valence-electron chi connectivity index (χ2n) is 8.54. The highest BCUT2D eigenvalue weighted by Gasteiger charge is 2.18. The van der Waals surface area contributed by atoms with E-state index in [9.17, 15) is 9.90 Å². The molecule has 0 saturated heterocycles. The Kier molecular flexibility index (Phi) is 8.69. The molecule has 1 atom stereocenters. The van der Waals surface area contributed by atoms with Gasteiger partial charge in [0, 0.05) is 11.1 Å². The van der Waals surface area contributed by atoms with Crippen molar-refractivity contribution < 1.29 is 23.9 Å². The molecule has 0 radical (unpaired) electrons. The molecule has 0 spiro atoms. The van der Waals surface area contributed by atoms with Crippen LogP contribution in [-0.2, 0) is 4.79 Å². The molecule has 1 heterocycles. The minimum atomic E-state index is -0.694. The lowest BCUT2D eigenvalue weighted by Crippen LogP contribution is -2.12. The Morgan fingerprint density at radius 1 is 1.18 bits per heavy atom. The van der Waals surface area contributed by atoms with Gasteiger partial charge in [-0.1, -0.05) is 29.8 Å². The van der Waals surface area contributed by atoms with Crippen molar-refractivity contribution in [2.24, 2.45) is 5.92 Å². The summed E-state index contributed by atoms with van der Waals surface area (Å²) in [6.45, 7) is 8.35. The molecule has 0 amide bonds. The predicted octanol–water partition coefficient (Wildman–Crippen LogP) is 6.31. The molecule has 1 aliphatic rings. The van der Waals surface area contributed by atoms with E-state index in [1.165, 1.54) is 5.57 Å². The molecule has 33 heavy (non-hydrogen) atoms. The van der Waals surface area contributed by atoms with Crippen LogP contribution in [0.25, 0.3) is 17.0 Å². The first-order chi connectivity index (χ1) is 15.9. The van der Waals surface area contributed by atoms with E-state index in [0.29, 0.717) is 36.2 Å². The first-order valence-electron chi connectivity index (χ1n) is 11.8. The number of rotatable bonds is 12. The molecule has 0 fully saturated rings. The van der Waals surface area contributed by atoms with Crippen LogP contribution in [-0.4, -0.2) is 33.9 Å². The molecule has 0 bridgehead atoms. The zero-order chi connectivity index (χ0) is 23.8. The van der Waals surface area contributed by atoms with E-state index in [2.05, 4.69) is 16.2 Å². The Labute approximate surface area is 195 Å². The quantitative estimate of drug-likeness (QED) is 0.402. The third-order valence-corrected chi connectivity index (χ3v) is 5.69. The summed E-state index contributed by atoms with van der Waals surface area (Å²) in [5.74, 6) is 1.45. The Morgan fingerprint density at radius 3 is 2.64 bits per heavy atom. The Bertz CT molecular complexity index is 1010. The normalized spacial score (nSPS) is 14.6. The van der Waals surface area contributed by atoms with Crippen LogP contribution in [0.1, 0.15) is 72.1 Å². The zero-order valence-corrected chi connectivity index (χ0v) is 20.0. The molecule has 3 rings (SSSR count). The standard InChI is InChI=1S/C26H34N2O5/c1-5-19(26(29)30)9-7-8-18-10-12-20(13-11-18)25-27-24(28-33-25)21-14-15-22(32-17(3)4)23(16-21)31-6-2/h10,12,14-17,19H,5-9,11,13H2,1-4H3,(H,29,30). The zero-order valence-electron chi connectivity index (χ0n) is 20.0. The summed E-state index contributed by atoms with van der Waals surface area (Å²) in [4.78, 5) is 15.8. The van der Waals surface area contributed by atoms with Crippen molar-refractivity contribution in [3.63, 3.8) is 0 Å². The summed E-state index contributed by atoms with van der Waals surface area (Å²) in [5, 5.41) is 13.4. The number of hydrogen-bond acceptors (Lipinski definition) is 6. The van der Waals surface area contributed by atoms with Crippen LogP contribution < -0.4 is 9.47 Å². The molecule has 178 valence electrons. The number of ether oxygens (including phenoxy) is 2. The Hall–Kier alpha value is -3.09. The molecule has 0 aliphatic heterocycles. The number of allylic oxidation sites excluding steroid dienone is 4. The van der Waals surface area contributed by atoms with Crippen molar-refractivity contribution in [3.05, 3.63) is 41.8 Å². The average molecular weight is 455 g/mol. The maximum absolute atomic E-state index is 11.2. The fourth-order valence-electron chi connectivity index (χ4n) is 3.88. The molecule has 2 aromatic rings. The highest BCUT2D eigenvalue weighted by molar-refractivity contribution is 5.69. The van der Waals surface area contributed by atoms with Crippen molar-refractivity contribution in [1.82, 2.24) is 10.1 Å². The molecular weight excluding hydrogens is 420 g/mol. The number of benzene rings is 1. The third kappa shape index (κ3) is 6.70. The van der Waals surface area contributed by atoms with Crippen molar-refractivity contribution in [2.75, 3.05) is 6.61 Å². The second-order valence-corrected chi connectivity index (χ2v) is 8.54. The van der Waals surface area contributed by atoms with Crippen LogP contribution in [0.3, 0.4) is 0 Å². The molecule has 1 aliphatic carbocycles. The fourth-order valence-corrected chi connectivity index (χ4v) is 3.88. The highest BCUT2D eigenvalue weighted by atomic mass is 16.5. The van der Waals surface area contributed by atoms with E-state index in [0.717, 1.165) is 43.2 Å². The topological polar surface area (TPSA) is 94.7 Å². The van der Waals surface area contributed by atoms with Gasteiger partial charge in [0.2, 0.25) is 5.82 Å². The van der Waals surface area contributed by atoms with Gasteiger partial charge in [0.25, 0.3) is 5.89 Å². The van der Waals surface area contributed by atoms with Gasteiger partial charge in [-0.05, 0) is 77.5 Å².